The van der Waals surface area contributed by atoms with E-state index in [0.717, 1.165) is 9.13 Å². The Bertz CT molecular complexity index is 1800. The second-order valence-electron chi connectivity index (χ2n) is 9.30. The molecule has 204 valence electrons. The predicted octanol–water partition coefficient (Wildman–Crippen LogP) is 0.691. The SMILES string of the molecule is CC(=O)Oc1c2cccc1Cn1ccc(=O)n(c1=O)Cc1cccc(c1OC(C)=O)Cn1c(=O)ccn(c1=O)C2. The van der Waals surface area contributed by atoms with Crippen molar-refractivity contribution in [1.82, 2.24) is 18.3 Å². The average molecular weight is 545 g/mol. The molecule has 5 rings (SSSR count). The number of para-hydroxylation sites is 2. The van der Waals surface area contributed by atoms with Gasteiger partial charge in [0.25, 0.3) is 11.1 Å². The molecule has 8 bridgehead atoms. The molecule has 1 aliphatic heterocycles. The van der Waals surface area contributed by atoms with Crippen LogP contribution in [0.2, 0.25) is 0 Å². The van der Waals surface area contributed by atoms with Gasteiger partial charge in [-0.05, 0) is 0 Å². The predicted molar refractivity (Wildman–Crippen MR) is 142 cm³/mol. The number of hydrogen-bond donors (Lipinski definition) is 0. The largest absolute Gasteiger partial charge is 0.426 e. The minimum atomic E-state index is -0.657. The lowest BCUT2D eigenvalue weighted by Gasteiger charge is -2.19. The molecule has 0 atom stereocenters. The van der Waals surface area contributed by atoms with E-state index in [1.54, 1.807) is 36.4 Å². The van der Waals surface area contributed by atoms with E-state index in [1.165, 1.54) is 47.5 Å². The Hall–Kier alpha value is -5.26. The number of fused-ring (bicyclic) bond motifs is 8. The summed E-state index contributed by atoms with van der Waals surface area (Å²) in [6.07, 6.45) is 2.69. The van der Waals surface area contributed by atoms with E-state index in [9.17, 15) is 28.8 Å². The number of carbonyl (C=O) groups excluding carboxylic acids is 2. The van der Waals surface area contributed by atoms with Gasteiger partial charge in [-0.1, -0.05) is 36.4 Å². The van der Waals surface area contributed by atoms with Crippen LogP contribution in [0.5, 0.6) is 11.5 Å². The molecule has 12 heteroatoms. The zero-order valence-electron chi connectivity index (χ0n) is 21.7. The first-order chi connectivity index (χ1) is 19.1. The Morgan fingerprint density at radius 3 is 1.27 bits per heavy atom. The molecule has 2 aromatic carbocycles. The highest BCUT2D eigenvalue weighted by Crippen LogP contribution is 2.27. The quantitative estimate of drug-likeness (QED) is 0.234. The number of carbonyl (C=O) groups is 2. The molecule has 0 unspecified atom stereocenters. The standard InChI is InChI=1S/C28H24N4O8/c1-17(33)39-25-19-5-3-6-20(25)14-30-12-10-24(36)32(28(30)38)16-22-8-4-7-21(26(22)40-18(2)34)15-31-23(35)9-11-29(13-19)27(31)37/h3-12H,13-16H2,1-2H3. The molecule has 0 saturated heterocycles. The van der Waals surface area contributed by atoms with Gasteiger partial charge in [0.1, 0.15) is 11.5 Å². The van der Waals surface area contributed by atoms with Gasteiger partial charge in [0, 0.05) is 60.6 Å². The normalized spacial score (nSPS) is 12.4. The van der Waals surface area contributed by atoms with Gasteiger partial charge in [0.15, 0.2) is 0 Å². The van der Waals surface area contributed by atoms with Crippen molar-refractivity contribution >= 4 is 11.9 Å². The maximum absolute atomic E-state index is 13.5. The molecule has 0 radical (unpaired) electrons. The molecule has 3 heterocycles. The summed E-state index contributed by atoms with van der Waals surface area (Å²) < 4.78 is 15.5. The monoisotopic (exact) mass is 544 g/mol. The van der Waals surface area contributed by atoms with E-state index < -0.39 is 34.4 Å². The number of esters is 2. The second kappa shape index (κ2) is 10.5. The number of nitrogens with zero attached hydrogens (tertiary/aromatic N) is 4. The second-order valence-corrected chi connectivity index (χ2v) is 9.30. The van der Waals surface area contributed by atoms with Crippen molar-refractivity contribution in [2.24, 2.45) is 0 Å². The maximum atomic E-state index is 13.5. The van der Waals surface area contributed by atoms with Crippen LogP contribution in [0.15, 0.2) is 80.1 Å². The number of hydrogen-bond acceptors (Lipinski definition) is 8. The van der Waals surface area contributed by atoms with Crippen LogP contribution in [0.3, 0.4) is 0 Å². The van der Waals surface area contributed by atoms with E-state index in [0.29, 0.717) is 22.3 Å². The minimum Gasteiger partial charge on any atom is -0.426 e. The number of rotatable bonds is 2. The lowest BCUT2D eigenvalue weighted by atomic mass is 10.1. The fourth-order valence-corrected chi connectivity index (χ4v) is 4.68. The van der Waals surface area contributed by atoms with Crippen LogP contribution in [-0.4, -0.2) is 30.2 Å². The molecule has 0 amide bonds. The first-order valence-corrected chi connectivity index (χ1v) is 12.3. The van der Waals surface area contributed by atoms with Crippen LogP contribution in [0.25, 0.3) is 0 Å². The summed E-state index contributed by atoms with van der Waals surface area (Å²) >= 11 is 0. The van der Waals surface area contributed by atoms with E-state index in [4.69, 9.17) is 9.47 Å². The third kappa shape index (κ3) is 5.06. The fourth-order valence-electron chi connectivity index (χ4n) is 4.68. The Balaban J connectivity index is 1.81. The molecular weight excluding hydrogens is 520 g/mol. The van der Waals surface area contributed by atoms with Crippen molar-refractivity contribution in [3.8, 4) is 11.5 Å². The van der Waals surface area contributed by atoms with Crippen LogP contribution in [0, 0.1) is 0 Å². The molecule has 40 heavy (non-hydrogen) atoms. The molecule has 0 N–H and O–H groups in total. The molecule has 4 aromatic rings. The van der Waals surface area contributed by atoms with Crippen molar-refractivity contribution in [2.45, 2.75) is 40.0 Å². The molecule has 12 nitrogen and oxygen atoms in total. The zero-order valence-corrected chi connectivity index (χ0v) is 21.7. The Morgan fingerprint density at radius 2 is 0.925 bits per heavy atom. The van der Waals surface area contributed by atoms with Gasteiger partial charge in [0.05, 0.1) is 26.2 Å². The average Bonchev–Trinajstić information content (AvgIpc) is 2.89. The van der Waals surface area contributed by atoms with Gasteiger partial charge >= 0.3 is 23.3 Å². The Kier molecular flexibility index (Phi) is 6.91. The molecular formula is C28H24N4O8. The van der Waals surface area contributed by atoms with Crippen molar-refractivity contribution < 1.29 is 19.1 Å². The lowest BCUT2D eigenvalue weighted by Crippen LogP contribution is -2.40. The van der Waals surface area contributed by atoms with Crippen LogP contribution in [-0.2, 0) is 35.8 Å². The Labute approximate surface area is 225 Å². The van der Waals surface area contributed by atoms with E-state index in [1.807, 2.05) is 0 Å². The molecule has 0 aliphatic carbocycles. The third-order valence-electron chi connectivity index (χ3n) is 6.47. The first kappa shape index (κ1) is 26.4. The topological polar surface area (TPSA) is 141 Å². The smallest absolute Gasteiger partial charge is 0.331 e. The van der Waals surface area contributed by atoms with Crippen LogP contribution >= 0.6 is 0 Å². The molecule has 0 saturated carbocycles. The van der Waals surface area contributed by atoms with Gasteiger partial charge in [0.2, 0.25) is 0 Å². The first-order valence-electron chi connectivity index (χ1n) is 12.3. The number of benzene rings is 2. The highest BCUT2D eigenvalue weighted by atomic mass is 16.5. The third-order valence-corrected chi connectivity index (χ3v) is 6.47. The van der Waals surface area contributed by atoms with Gasteiger partial charge < -0.3 is 9.47 Å². The molecule has 2 aromatic heterocycles. The number of ether oxygens (including phenoxy) is 2. The molecule has 1 aliphatic rings. The van der Waals surface area contributed by atoms with Crippen molar-refractivity contribution in [3.05, 3.63) is 125 Å². The zero-order chi connectivity index (χ0) is 28.6. The highest BCUT2D eigenvalue weighted by molar-refractivity contribution is 5.71. The van der Waals surface area contributed by atoms with Crippen LogP contribution in [0.4, 0.5) is 0 Å². The minimum absolute atomic E-state index is 0.0489. The summed E-state index contributed by atoms with van der Waals surface area (Å²) in [5.41, 5.74) is -0.902. The summed E-state index contributed by atoms with van der Waals surface area (Å²) in [7, 11) is 0. The molecule has 0 fully saturated rings. The van der Waals surface area contributed by atoms with Gasteiger partial charge in [-0.2, -0.15) is 0 Å². The van der Waals surface area contributed by atoms with E-state index in [2.05, 4.69) is 0 Å². The van der Waals surface area contributed by atoms with Gasteiger partial charge in [-0.3, -0.25) is 37.4 Å². The van der Waals surface area contributed by atoms with Gasteiger partial charge in [-0.25, -0.2) is 9.59 Å². The summed E-state index contributed by atoms with van der Waals surface area (Å²) in [5, 5.41) is 0. The maximum Gasteiger partial charge on any atom is 0.331 e. The van der Waals surface area contributed by atoms with E-state index >= 15 is 0 Å². The summed E-state index contributed by atoms with van der Waals surface area (Å²) in [5.74, 6) is -1.05. The van der Waals surface area contributed by atoms with E-state index in [-0.39, 0.29) is 37.7 Å². The Morgan fingerprint density at radius 1 is 0.575 bits per heavy atom. The highest BCUT2D eigenvalue weighted by Gasteiger charge is 2.20. The lowest BCUT2D eigenvalue weighted by molar-refractivity contribution is -0.132. The summed E-state index contributed by atoms with van der Waals surface area (Å²) in [6, 6.07) is 12.3. The van der Waals surface area contributed by atoms with Crippen LogP contribution < -0.4 is 32.0 Å². The van der Waals surface area contributed by atoms with Crippen molar-refractivity contribution in [2.75, 3.05) is 0 Å². The van der Waals surface area contributed by atoms with Crippen LogP contribution in [0.1, 0.15) is 36.1 Å². The number of aromatic nitrogens is 4. The summed E-state index contributed by atoms with van der Waals surface area (Å²) in [4.78, 5) is 76.6. The summed E-state index contributed by atoms with van der Waals surface area (Å²) in [6.45, 7) is 1.82. The fraction of sp³-hybridized carbons (Fsp3) is 0.214. The van der Waals surface area contributed by atoms with Gasteiger partial charge in [-0.15, -0.1) is 0 Å². The van der Waals surface area contributed by atoms with Crippen molar-refractivity contribution in [1.29, 1.82) is 0 Å². The van der Waals surface area contributed by atoms with Crippen molar-refractivity contribution in [3.63, 3.8) is 0 Å². The molecule has 0 spiro atoms.